The van der Waals surface area contributed by atoms with E-state index < -0.39 is 0 Å². The van der Waals surface area contributed by atoms with Gasteiger partial charge in [0.1, 0.15) is 6.29 Å². The topological polar surface area (TPSA) is 43.1 Å². The summed E-state index contributed by atoms with van der Waals surface area (Å²) in [6.07, 6.45) is 2.40. The van der Waals surface area contributed by atoms with E-state index in [1.807, 2.05) is 18.2 Å². The molecular weight excluding hydrogens is 162 g/mol. The maximum absolute atomic E-state index is 10.3. The minimum atomic E-state index is 0.292. The minimum Gasteiger partial charge on any atom is -0.330 e. The SMILES string of the molecule is NC[C@H](CC=O)Cc1ccccc1. The van der Waals surface area contributed by atoms with Gasteiger partial charge >= 0.3 is 0 Å². The summed E-state index contributed by atoms with van der Waals surface area (Å²) in [7, 11) is 0. The van der Waals surface area contributed by atoms with Crippen LogP contribution in [0.4, 0.5) is 0 Å². The Morgan fingerprint density at radius 1 is 1.31 bits per heavy atom. The van der Waals surface area contributed by atoms with E-state index >= 15 is 0 Å². The van der Waals surface area contributed by atoms with Gasteiger partial charge in [-0.2, -0.15) is 0 Å². The number of carbonyl (C=O) groups is 1. The van der Waals surface area contributed by atoms with Crippen LogP contribution in [-0.4, -0.2) is 12.8 Å². The number of aldehydes is 1. The molecule has 0 radical (unpaired) electrons. The van der Waals surface area contributed by atoms with E-state index in [0.717, 1.165) is 12.7 Å². The normalized spacial score (nSPS) is 12.4. The summed E-state index contributed by atoms with van der Waals surface area (Å²) < 4.78 is 0. The van der Waals surface area contributed by atoms with Crippen molar-refractivity contribution in [3.05, 3.63) is 35.9 Å². The molecule has 0 spiro atoms. The van der Waals surface area contributed by atoms with Crippen molar-refractivity contribution < 1.29 is 4.79 Å². The first kappa shape index (κ1) is 9.93. The zero-order valence-corrected chi connectivity index (χ0v) is 7.65. The van der Waals surface area contributed by atoms with Crippen LogP contribution in [0.15, 0.2) is 30.3 Å². The summed E-state index contributed by atoms with van der Waals surface area (Å²) in [5.74, 6) is 0.292. The highest BCUT2D eigenvalue weighted by Gasteiger charge is 2.06. The Morgan fingerprint density at radius 2 is 2.00 bits per heavy atom. The number of hydrogen-bond donors (Lipinski definition) is 1. The van der Waals surface area contributed by atoms with Gasteiger partial charge in [-0.15, -0.1) is 0 Å². The van der Waals surface area contributed by atoms with E-state index in [1.54, 1.807) is 0 Å². The molecular formula is C11H15NO. The zero-order chi connectivity index (χ0) is 9.52. The lowest BCUT2D eigenvalue weighted by Gasteiger charge is -2.10. The lowest BCUT2D eigenvalue weighted by Crippen LogP contribution is -2.17. The second-order valence-corrected chi connectivity index (χ2v) is 3.19. The highest BCUT2D eigenvalue weighted by Crippen LogP contribution is 2.09. The molecule has 0 aromatic heterocycles. The molecule has 0 saturated heterocycles. The molecule has 0 heterocycles. The van der Waals surface area contributed by atoms with Gasteiger partial charge in [0.15, 0.2) is 0 Å². The molecule has 0 aliphatic rings. The van der Waals surface area contributed by atoms with Crippen LogP contribution in [0.1, 0.15) is 12.0 Å². The fourth-order valence-corrected chi connectivity index (χ4v) is 1.35. The molecule has 0 fully saturated rings. The molecule has 1 atom stereocenters. The van der Waals surface area contributed by atoms with Crippen LogP contribution in [0.2, 0.25) is 0 Å². The highest BCUT2D eigenvalue weighted by molar-refractivity contribution is 5.49. The zero-order valence-electron chi connectivity index (χ0n) is 7.65. The minimum absolute atomic E-state index is 0.292. The van der Waals surface area contributed by atoms with E-state index in [-0.39, 0.29) is 0 Å². The second-order valence-electron chi connectivity index (χ2n) is 3.19. The van der Waals surface area contributed by atoms with Crippen LogP contribution in [0.25, 0.3) is 0 Å². The molecule has 0 amide bonds. The van der Waals surface area contributed by atoms with Crippen LogP contribution in [0.5, 0.6) is 0 Å². The molecule has 0 aliphatic carbocycles. The molecule has 0 bridgehead atoms. The lowest BCUT2D eigenvalue weighted by molar-refractivity contribution is -0.108. The Labute approximate surface area is 78.8 Å². The maximum atomic E-state index is 10.3. The van der Waals surface area contributed by atoms with Gasteiger partial charge in [0.05, 0.1) is 0 Å². The van der Waals surface area contributed by atoms with Crippen molar-refractivity contribution in [3.8, 4) is 0 Å². The Bertz CT molecular complexity index is 246. The van der Waals surface area contributed by atoms with Crippen molar-refractivity contribution in [2.45, 2.75) is 12.8 Å². The molecule has 1 aromatic rings. The highest BCUT2D eigenvalue weighted by atomic mass is 16.1. The van der Waals surface area contributed by atoms with Gasteiger partial charge in [0, 0.05) is 6.42 Å². The van der Waals surface area contributed by atoms with Crippen molar-refractivity contribution in [1.29, 1.82) is 0 Å². The molecule has 0 saturated carbocycles. The van der Waals surface area contributed by atoms with E-state index in [2.05, 4.69) is 12.1 Å². The van der Waals surface area contributed by atoms with E-state index in [4.69, 9.17) is 5.73 Å². The standard InChI is InChI=1S/C11H15NO/c12-9-11(6-7-13)8-10-4-2-1-3-5-10/h1-5,7,11H,6,8-9,12H2/t11-/m1/s1. The molecule has 2 N–H and O–H groups in total. The quantitative estimate of drug-likeness (QED) is 0.691. The smallest absolute Gasteiger partial charge is 0.120 e. The molecule has 2 nitrogen and oxygen atoms in total. The first-order valence-electron chi connectivity index (χ1n) is 4.54. The number of hydrogen-bond acceptors (Lipinski definition) is 2. The Hall–Kier alpha value is -1.15. The monoisotopic (exact) mass is 177 g/mol. The van der Waals surface area contributed by atoms with Gasteiger partial charge in [-0.25, -0.2) is 0 Å². The largest absolute Gasteiger partial charge is 0.330 e. The van der Waals surface area contributed by atoms with Crippen molar-refractivity contribution in [3.63, 3.8) is 0 Å². The summed E-state index contributed by atoms with van der Waals surface area (Å²) in [6, 6.07) is 10.1. The summed E-state index contributed by atoms with van der Waals surface area (Å²) in [6.45, 7) is 0.577. The average Bonchev–Trinajstić information content (AvgIpc) is 2.19. The maximum Gasteiger partial charge on any atom is 0.120 e. The fourth-order valence-electron chi connectivity index (χ4n) is 1.35. The van der Waals surface area contributed by atoms with Gasteiger partial charge < -0.3 is 10.5 Å². The van der Waals surface area contributed by atoms with Crippen molar-refractivity contribution in [2.24, 2.45) is 11.7 Å². The fraction of sp³-hybridized carbons (Fsp3) is 0.364. The van der Waals surface area contributed by atoms with E-state index in [9.17, 15) is 4.79 Å². The van der Waals surface area contributed by atoms with E-state index in [0.29, 0.717) is 18.9 Å². The van der Waals surface area contributed by atoms with Crippen LogP contribution in [0, 0.1) is 5.92 Å². The summed E-state index contributed by atoms with van der Waals surface area (Å²) in [4.78, 5) is 10.3. The Morgan fingerprint density at radius 3 is 2.54 bits per heavy atom. The molecule has 13 heavy (non-hydrogen) atoms. The first-order valence-corrected chi connectivity index (χ1v) is 4.54. The van der Waals surface area contributed by atoms with E-state index in [1.165, 1.54) is 5.56 Å². The van der Waals surface area contributed by atoms with Crippen LogP contribution in [-0.2, 0) is 11.2 Å². The molecule has 1 rings (SSSR count). The van der Waals surface area contributed by atoms with Crippen molar-refractivity contribution in [1.82, 2.24) is 0 Å². The van der Waals surface area contributed by atoms with Crippen molar-refractivity contribution in [2.75, 3.05) is 6.54 Å². The molecule has 2 heteroatoms. The number of carbonyl (C=O) groups excluding carboxylic acids is 1. The second kappa shape index (κ2) is 5.49. The van der Waals surface area contributed by atoms with Crippen LogP contribution >= 0.6 is 0 Å². The van der Waals surface area contributed by atoms with Gasteiger partial charge in [0.25, 0.3) is 0 Å². The average molecular weight is 177 g/mol. The van der Waals surface area contributed by atoms with Crippen molar-refractivity contribution >= 4 is 6.29 Å². The van der Waals surface area contributed by atoms with Gasteiger partial charge in [-0.05, 0) is 24.4 Å². The van der Waals surface area contributed by atoms with Crippen LogP contribution in [0.3, 0.4) is 0 Å². The Kier molecular flexibility index (Phi) is 4.19. The summed E-state index contributed by atoms with van der Waals surface area (Å²) in [5.41, 5.74) is 6.80. The molecule has 70 valence electrons. The number of rotatable bonds is 5. The van der Waals surface area contributed by atoms with Crippen LogP contribution < -0.4 is 5.73 Å². The third kappa shape index (κ3) is 3.38. The molecule has 0 unspecified atom stereocenters. The third-order valence-electron chi connectivity index (χ3n) is 2.13. The molecule has 0 aliphatic heterocycles. The van der Waals surface area contributed by atoms with Gasteiger partial charge in [-0.1, -0.05) is 30.3 Å². The number of benzene rings is 1. The van der Waals surface area contributed by atoms with Gasteiger partial charge in [-0.3, -0.25) is 0 Å². The van der Waals surface area contributed by atoms with Gasteiger partial charge in [0.2, 0.25) is 0 Å². The molecule has 1 aromatic carbocycles. The first-order chi connectivity index (χ1) is 6.36. The summed E-state index contributed by atoms with van der Waals surface area (Å²) >= 11 is 0. The summed E-state index contributed by atoms with van der Waals surface area (Å²) in [5, 5.41) is 0. The third-order valence-corrected chi connectivity index (χ3v) is 2.13. The Balaban J connectivity index is 2.51. The lowest BCUT2D eigenvalue weighted by atomic mass is 9.97. The predicted molar refractivity (Wildman–Crippen MR) is 53.4 cm³/mol. The number of nitrogens with two attached hydrogens (primary N) is 1. The predicted octanol–water partition coefficient (Wildman–Crippen LogP) is 1.39.